The molecule has 0 radical (unpaired) electrons. The van der Waals surface area contributed by atoms with E-state index < -0.39 is 12.8 Å². The molecule has 0 unspecified atom stereocenters. The third kappa shape index (κ3) is 6.92. The predicted molar refractivity (Wildman–Crippen MR) is 40.5 cm³/mol. The molecular formula is C8H9F3O. The maximum absolute atomic E-state index is 11.5. The summed E-state index contributed by atoms with van der Waals surface area (Å²) in [5.41, 5.74) is 0. The molecule has 0 saturated carbocycles. The van der Waals surface area contributed by atoms with Crippen LogP contribution in [0.25, 0.3) is 0 Å². The van der Waals surface area contributed by atoms with Crippen LogP contribution >= 0.6 is 0 Å². The van der Waals surface area contributed by atoms with Crippen LogP contribution in [0.5, 0.6) is 0 Å². The average molecular weight is 178 g/mol. The van der Waals surface area contributed by atoms with Crippen molar-refractivity contribution in [2.75, 3.05) is 6.61 Å². The topological polar surface area (TPSA) is 9.23 Å². The zero-order chi connectivity index (χ0) is 9.61. The normalized spacial score (nSPS) is 11.6. The van der Waals surface area contributed by atoms with E-state index in [9.17, 15) is 13.2 Å². The molecule has 0 saturated heterocycles. The molecule has 0 heterocycles. The second-order valence-electron chi connectivity index (χ2n) is 1.96. The van der Waals surface area contributed by atoms with E-state index in [0.29, 0.717) is 0 Å². The van der Waals surface area contributed by atoms with Crippen LogP contribution in [0.2, 0.25) is 0 Å². The second kappa shape index (κ2) is 4.64. The van der Waals surface area contributed by atoms with Crippen LogP contribution < -0.4 is 0 Å². The van der Waals surface area contributed by atoms with Gasteiger partial charge in [-0.2, -0.15) is 13.2 Å². The molecule has 0 aliphatic carbocycles. The van der Waals surface area contributed by atoms with Crippen molar-refractivity contribution in [3.05, 3.63) is 37.1 Å². The van der Waals surface area contributed by atoms with Crippen molar-refractivity contribution in [1.29, 1.82) is 0 Å². The van der Waals surface area contributed by atoms with Gasteiger partial charge < -0.3 is 4.74 Å². The van der Waals surface area contributed by atoms with Gasteiger partial charge in [-0.1, -0.05) is 25.3 Å². The molecule has 4 heteroatoms. The Bertz CT molecular complexity index is 191. The van der Waals surface area contributed by atoms with Crippen LogP contribution in [0, 0.1) is 0 Å². The van der Waals surface area contributed by atoms with Gasteiger partial charge in [0.15, 0.2) is 6.61 Å². The van der Waals surface area contributed by atoms with E-state index in [1.165, 1.54) is 18.2 Å². The van der Waals surface area contributed by atoms with Gasteiger partial charge in [0.25, 0.3) is 0 Å². The molecule has 0 N–H and O–H groups in total. The van der Waals surface area contributed by atoms with E-state index >= 15 is 0 Å². The van der Waals surface area contributed by atoms with Gasteiger partial charge in [0.05, 0.1) is 0 Å². The highest BCUT2D eigenvalue weighted by Crippen LogP contribution is 2.16. The standard InChI is InChI=1S/C8H9F3O/c1-3-4-5-7(2)12-6-8(9,10)11/h3-5H,1-2,6H2/b5-4-. The summed E-state index contributed by atoms with van der Waals surface area (Å²) < 4.78 is 38.8. The zero-order valence-corrected chi connectivity index (χ0v) is 6.40. The highest BCUT2D eigenvalue weighted by atomic mass is 19.4. The maximum atomic E-state index is 11.5. The van der Waals surface area contributed by atoms with E-state index in [1.807, 2.05) is 0 Å². The zero-order valence-electron chi connectivity index (χ0n) is 6.40. The van der Waals surface area contributed by atoms with E-state index in [0.717, 1.165) is 0 Å². The van der Waals surface area contributed by atoms with E-state index in [4.69, 9.17) is 0 Å². The number of hydrogen-bond donors (Lipinski definition) is 0. The number of rotatable bonds is 4. The SMILES string of the molecule is C=C/C=C\C(=C)OCC(F)(F)F. The van der Waals surface area contributed by atoms with Gasteiger partial charge in [-0.25, -0.2) is 0 Å². The largest absolute Gasteiger partial charge is 0.485 e. The summed E-state index contributed by atoms with van der Waals surface area (Å²) in [7, 11) is 0. The van der Waals surface area contributed by atoms with Crippen molar-refractivity contribution in [3.8, 4) is 0 Å². The summed E-state index contributed by atoms with van der Waals surface area (Å²) in [4.78, 5) is 0. The number of hydrogen-bond acceptors (Lipinski definition) is 1. The van der Waals surface area contributed by atoms with Gasteiger partial charge in [0.2, 0.25) is 0 Å². The minimum Gasteiger partial charge on any atom is -0.485 e. The van der Waals surface area contributed by atoms with Crippen molar-refractivity contribution in [2.24, 2.45) is 0 Å². The monoisotopic (exact) mass is 178 g/mol. The van der Waals surface area contributed by atoms with Crippen LogP contribution in [0.4, 0.5) is 13.2 Å². The molecule has 0 aliphatic heterocycles. The summed E-state index contributed by atoms with van der Waals surface area (Å²) in [6, 6.07) is 0. The Hall–Kier alpha value is -1.19. The molecule has 0 amide bonds. The van der Waals surface area contributed by atoms with Crippen LogP contribution in [0.3, 0.4) is 0 Å². The first-order chi connectivity index (χ1) is 5.45. The van der Waals surface area contributed by atoms with Gasteiger partial charge >= 0.3 is 6.18 Å². The third-order valence-electron chi connectivity index (χ3n) is 0.839. The molecule has 0 atom stereocenters. The fourth-order valence-electron chi connectivity index (χ4n) is 0.398. The van der Waals surface area contributed by atoms with Gasteiger partial charge in [-0.3, -0.25) is 0 Å². The van der Waals surface area contributed by atoms with Crippen LogP contribution in [0.15, 0.2) is 37.1 Å². The fourth-order valence-corrected chi connectivity index (χ4v) is 0.398. The summed E-state index contributed by atoms with van der Waals surface area (Å²) in [5.74, 6) is -0.0350. The van der Waals surface area contributed by atoms with E-state index in [-0.39, 0.29) is 5.76 Å². The molecule has 0 bridgehead atoms. The highest BCUT2D eigenvalue weighted by Gasteiger charge is 2.28. The Balaban J connectivity index is 3.72. The Morgan fingerprint density at radius 2 is 2.00 bits per heavy atom. The summed E-state index contributed by atoms with van der Waals surface area (Å²) >= 11 is 0. The van der Waals surface area contributed by atoms with Crippen molar-refractivity contribution < 1.29 is 17.9 Å². The third-order valence-corrected chi connectivity index (χ3v) is 0.839. The maximum Gasteiger partial charge on any atom is 0.422 e. The molecule has 0 aromatic rings. The first-order valence-electron chi connectivity index (χ1n) is 3.13. The summed E-state index contributed by atoms with van der Waals surface area (Å²) in [6.07, 6.45) is -0.148. The first kappa shape index (κ1) is 10.8. The van der Waals surface area contributed by atoms with Crippen molar-refractivity contribution in [1.82, 2.24) is 0 Å². The van der Waals surface area contributed by atoms with Gasteiger partial charge in [-0.05, 0) is 6.08 Å². The summed E-state index contributed by atoms with van der Waals surface area (Å²) in [5, 5.41) is 0. The average Bonchev–Trinajstić information content (AvgIpc) is 1.95. The second-order valence-corrected chi connectivity index (χ2v) is 1.96. The predicted octanol–water partition coefficient (Wildman–Crippen LogP) is 2.82. The molecule has 0 aromatic heterocycles. The first-order valence-corrected chi connectivity index (χ1v) is 3.13. The molecule has 68 valence electrons. The lowest BCUT2D eigenvalue weighted by Crippen LogP contribution is -2.16. The lowest BCUT2D eigenvalue weighted by Gasteiger charge is -2.07. The number of allylic oxidation sites excluding steroid dienone is 3. The van der Waals surface area contributed by atoms with Crippen molar-refractivity contribution >= 4 is 0 Å². The summed E-state index contributed by atoms with van der Waals surface area (Å²) in [6.45, 7) is 5.26. The molecule has 0 aliphatic rings. The quantitative estimate of drug-likeness (QED) is 0.475. The van der Waals surface area contributed by atoms with Crippen molar-refractivity contribution in [2.45, 2.75) is 6.18 Å². The van der Waals surface area contributed by atoms with Crippen LogP contribution in [-0.4, -0.2) is 12.8 Å². The molecule has 12 heavy (non-hydrogen) atoms. The van der Waals surface area contributed by atoms with Crippen LogP contribution in [-0.2, 0) is 4.74 Å². The fraction of sp³-hybridized carbons (Fsp3) is 0.250. The van der Waals surface area contributed by atoms with Gasteiger partial charge in [0, 0.05) is 0 Å². The Morgan fingerprint density at radius 1 is 1.42 bits per heavy atom. The van der Waals surface area contributed by atoms with Crippen LogP contribution in [0.1, 0.15) is 0 Å². The van der Waals surface area contributed by atoms with E-state index in [1.54, 1.807) is 0 Å². The lowest BCUT2D eigenvalue weighted by atomic mass is 10.4. The smallest absolute Gasteiger partial charge is 0.422 e. The molecule has 0 fully saturated rings. The molecule has 1 nitrogen and oxygen atoms in total. The Morgan fingerprint density at radius 3 is 2.42 bits per heavy atom. The lowest BCUT2D eigenvalue weighted by molar-refractivity contribution is -0.163. The van der Waals surface area contributed by atoms with Gasteiger partial charge in [-0.15, -0.1) is 0 Å². The van der Waals surface area contributed by atoms with Crippen molar-refractivity contribution in [3.63, 3.8) is 0 Å². The molecule has 0 rings (SSSR count). The number of alkyl halides is 3. The molecule has 0 spiro atoms. The highest BCUT2D eigenvalue weighted by molar-refractivity contribution is 5.12. The van der Waals surface area contributed by atoms with E-state index in [2.05, 4.69) is 17.9 Å². The minimum absolute atomic E-state index is 0.0350. The Kier molecular flexibility index (Phi) is 4.18. The molecule has 0 aromatic carbocycles. The number of halogens is 3. The number of ether oxygens (including phenoxy) is 1. The Labute approximate surface area is 68.8 Å². The minimum atomic E-state index is -4.31. The molecular weight excluding hydrogens is 169 g/mol. The van der Waals surface area contributed by atoms with Gasteiger partial charge in [0.1, 0.15) is 5.76 Å².